The Morgan fingerprint density at radius 3 is 2.25 bits per heavy atom. The number of nitrogens with one attached hydrogen (secondary N) is 1. The van der Waals surface area contributed by atoms with E-state index in [1.54, 1.807) is 18.2 Å². The predicted octanol–water partition coefficient (Wildman–Crippen LogP) is 6.01. The number of benzene rings is 3. The first kappa shape index (κ1) is 20.2. The molecule has 142 valence electrons. The van der Waals surface area contributed by atoms with Gasteiger partial charge in [-0.25, -0.2) is 0 Å². The summed E-state index contributed by atoms with van der Waals surface area (Å²) in [6, 6.07) is 23.0. The van der Waals surface area contributed by atoms with Gasteiger partial charge in [-0.3, -0.25) is 4.79 Å². The van der Waals surface area contributed by atoms with Crippen LogP contribution in [0, 0.1) is 0 Å². The van der Waals surface area contributed by atoms with Crippen molar-refractivity contribution in [1.82, 2.24) is 5.32 Å². The highest BCUT2D eigenvalue weighted by molar-refractivity contribution is 9.10. The summed E-state index contributed by atoms with van der Waals surface area (Å²) in [7, 11) is 0. The van der Waals surface area contributed by atoms with Gasteiger partial charge in [-0.1, -0.05) is 63.9 Å². The Morgan fingerprint density at radius 2 is 1.57 bits per heavy atom. The van der Waals surface area contributed by atoms with Gasteiger partial charge in [-0.15, -0.1) is 0 Å². The molecule has 3 rings (SSSR count). The van der Waals surface area contributed by atoms with Crippen LogP contribution in [0.2, 0.25) is 5.02 Å². The summed E-state index contributed by atoms with van der Waals surface area (Å²) < 4.78 is 6.83. The van der Waals surface area contributed by atoms with Crippen LogP contribution >= 0.6 is 27.5 Å². The molecule has 28 heavy (non-hydrogen) atoms. The van der Waals surface area contributed by atoms with Crippen molar-refractivity contribution in [1.29, 1.82) is 0 Å². The van der Waals surface area contributed by atoms with Gasteiger partial charge < -0.3 is 10.1 Å². The van der Waals surface area contributed by atoms with Crippen molar-refractivity contribution >= 4 is 39.5 Å². The molecule has 0 saturated carbocycles. The van der Waals surface area contributed by atoms with Gasteiger partial charge in [0.1, 0.15) is 12.4 Å². The van der Waals surface area contributed by atoms with Crippen LogP contribution < -0.4 is 10.1 Å². The van der Waals surface area contributed by atoms with Gasteiger partial charge in [0.05, 0.1) is 0 Å². The molecular formula is C23H19BrClNO2. The number of halogens is 2. The van der Waals surface area contributed by atoms with E-state index in [0.717, 1.165) is 26.9 Å². The molecule has 0 aromatic heterocycles. The first-order valence-corrected chi connectivity index (χ1v) is 9.93. The molecular weight excluding hydrogens is 438 g/mol. The lowest BCUT2D eigenvalue weighted by atomic mass is 10.2. The maximum Gasteiger partial charge on any atom is 0.244 e. The molecule has 0 spiro atoms. The number of carbonyl (C=O) groups excluding carboxylic acids is 1. The third kappa shape index (κ3) is 6.55. The van der Waals surface area contributed by atoms with E-state index in [0.29, 0.717) is 18.2 Å². The summed E-state index contributed by atoms with van der Waals surface area (Å²) in [6.45, 7) is 0.971. The number of ether oxygens (including phenoxy) is 1. The van der Waals surface area contributed by atoms with E-state index in [1.807, 2.05) is 60.7 Å². The second-order valence-corrected chi connectivity index (χ2v) is 7.51. The first-order chi connectivity index (χ1) is 13.6. The Balaban J connectivity index is 1.46. The monoisotopic (exact) mass is 455 g/mol. The van der Waals surface area contributed by atoms with Gasteiger partial charge in [0.15, 0.2) is 0 Å². The van der Waals surface area contributed by atoms with E-state index in [2.05, 4.69) is 21.2 Å². The molecule has 5 heteroatoms. The van der Waals surface area contributed by atoms with Gasteiger partial charge in [-0.05, 0) is 59.2 Å². The van der Waals surface area contributed by atoms with Gasteiger partial charge >= 0.3 is 0 Å². The molecule has 3 aromatic carbocycles. The molecule has 0 heterocycles. The fraction of sp³-hybridized carbons (Fsp3) is 0.0870. The number of carbonyl (C=O) groups is 1. The van der Waals surface area contributed by atoms with Crippen molar-refractivity contribution in [2.75, 3.05) is 0 Å². The van der Waals surface area contributed by atoms with Gasteiger partial charge in [0.2, 0.25) is 5.91 Å². The molecule has 0 aliphatic heterocycles. The summed E-state index contributed by atoms with van der Waals surface area (Å²) in [5.41, 5.74) is 3.03. The van der Waals surface area contributed by atoms with Crippen molar-refractivity contribution in [2.24, 2.45) is 0 Å². The van der Waals surface area contributed by atoms with Crippen molar-refractivity contribution in [3.63, 3.8) is 0 Å². The SMILES string of the molecule is O=C(C=Cc1ccc(OCc2ccc(Br)cc2)cc1)NCc1ccc(Cl)cc1. The Morgan fingerprint density at radius 1 is 0.929 bits per heavy atom. The molecule has 0 atom stereocenters. The number of amides is 1. The van der Waals surface area contributed by atoms with Crippen LogP contribution in [0.1, 0.15) is 16.7 Å². The molecule has 0 unspecified atom stereocenters. The minimum absolute atomic E-state index is 0.148. The van der Waals surface area contributed by atoms with E-state index < -0.39 is 0 Å². The maximum atomic E-state index is 12.0. The molecule has 0 saturated heterocycles. The van der Waals surface area contributed by atoms with Gasteiger partial charge in [-0.2, -0.15) is 0 Å². The molecule has 1 N–H and O–H groups in total. The maximum absolute atomic E-state index is 12.0. The molecule has 3 nitrogen and oxygen atoms in total. The fourth-order valence-electron chi connectivity index (χ4n) is 2.44. The van der Waals surface area contributed by atoms with Crippen molar-refractivity contribution < 1.29 is 9.53 Å². The predicted molar refractivity (Wildman–Crippen MR) is 117 cm³/mol. The molecule has 1 amide bonds. The summed E-state index contributed by atoms with van der Waals surface area (Å²) in [5.74, 6) is 0.637. The molecule has 0 aliphatic rings. The van der Waals surface area contributed by atoms with Crippen LogP contribution in [0.5, 0.6) is 5.75 Å². The number of hydrogen-bond acceptors (Lipinski definition) is 2. The smallest absolute Gasteiger partial charge is 0.244 e. The average Bonchev–Trinajstić information content (AvgIpc) is 2.72. The lowest BCUT2D eigenvalue weighted by Gasteiger charge is -2.07. The Hall–Kier alpha value is -2.56. The number of hydrogen-bond donors (Lipinski definition) is 1. The van der Waals surface area contributed by atoms with Crippen LogP contribution in [-0.4, -0.2) is 5.91 Å². The minimum Gasteiger partial charge on any atom is -0.489 e. The Bertz CT molecular complexity index is 936. The molecule has 0 fully saturated rings. The highest BCUT2D eigenvalue weighted by Gasteiger charge is 1.99. The van der Waals surface area contributed by atoms with E-state index >= 15 is 0 Å². The normalized spacial score (nSPS) is 10.8. The van der Waals surface area contributed by atoms with Crippen LogP contribution in [0.25, 0.3) is 6.08 Å². The van der Waals surface area contributed by atoms with Crippen LogP contribution in [0.4, 0.5) is 0 Å². The zero-order valence-corrected chi connectivity index (χ0v) is 17.4. The summed E-state index contributed by atoms with van der Waals surface area (Å²) in [5, 5.41) is 3.53. The third-order valence-corrected chi connectivity index (χ3v) is 4.79. The Kier molecular flexibility index (Phi) is 7.29. The Labute approximate surface area is 178 Å². The van der Waals surface area contributed by atoms with Crippen LogP contribution in [0.15, 0.2) is 83.3 Å². The third-order valence-electron chi connectivity index (χ3n) is 4.01. The molecule has 0 bridgehead atoms. The van der Waals surface area contributed by atoms with E-state index in [9.17, 15) is 4.79 Å². The second kappa shape index (κ2) is 10.1. The van der Waals surface area contributed by atoms with Crippen LogP contribution in [-0.2, 0) is 17.9 Å². The number of rotatable bonds is 7. The van der Waals surface area contributed by atoms with E-state index in [-0.39, 0.29) is 5.91 Å². The zero-order chi connectivity index (χ0) is 19.8. The topological polar surface area (TPSA) is 38.3 Å². The lowest BCUT2D eigenvalue weighted by Crippen LogP contribution is -2.20. The molecule has 3 aromatic rings. The summed E-state index contributed by atoms with van der Waals surface area (Å²) in [4.78, 5) is 12.0. The summed E-state index contributed by atoms with van der Waals surface area (Å²) in [6.07, 6.45) is 3.29. The molecule has 0 aliphatic carbocycles. The quantitative estimate of drug-likeness (QED) is 0.442. The van der Waals surface area contributed by atoms with Crippen molar-refractivity contribution in [3.05, 3.63) is 105 Å². The van der Waals surface area contributed by atoms with Crippen molar-refractivity contribution in [2.45, 2.75) is 13.2 Å². The fourth-order valence-corrected chi connectivity index (χ4v) is 2.84. The summed E-state index contributed by atoms with van der Waals surface area (Å²) >= 11 is 9.27. The zero-order valence-electron chi connectivity index (χ0n) is 15.1. The highest BCUT2D eigenvalue weighted by Crippen LogP contribution is 2.16. The molecule has 0 radical (unpaired) electrons. The second-order valence-electron chi connectivity index (χ2n) is 6.16. The lowest BCUT2D eigenvalue weighted by molar-refractivity contribution is -0.116. The van der Waals surface area contributed by atoms with Gasteiger partial charge in [0, 0.05) is 22.1 Å². The highest BCUT2D eigenvalue weighted by atomic mass is 79.9. The van der Waals surface area contributed by atoms with E-state index in [4.69, 9.17) is 16.3 Å². The minimum atomic E-state index is -0.148. The van der Waals surface area contributed by atoms with Crippen molar-refractivity contribution in [3.8, 4) is 5.75 Å². The largest absolute Gasteiger partial charge is 0.489 e. The van der Waals surface area contributed by atoms with Crippen LogP contribution in [0.3, 0.4) is 0 Å². The van der Waals surface area contributed by atoms with Gasteiger partial charge in [0.25, 0.3) is 0 Å². The first-order valence-electron chi connectivity index (χ1n) is 8.76. The standard InChI is InChI=1S/C23H19BrClNO2/c24-20-8-1-19(2-9-20)16-28-22-12-5-17(6-13-22)7-14-23(27)26-15-18-3-10-21(25)11-4-18/h1-14H,15-16H2,(H,26,27). The van der Waals surface area contributed by atoms with E-state index in [1.165, 1.54) is 6.08 Å². The average molecular weight is 457 g/mol.